The number of carbonyl (C=O) groups is 2. The zero-order chi connectivity index (χ0) is 10.3. The Balaban J connectivity index is 0.00000112. The van der Waals surface area contributed by atoms with Crippen molar-refractivity contribution in [3.63, 3.8) is 0 Å². The van der Waals surface area contributed by atoms with Crippen molar-refractivity contribution >= 4 is 24.2 Å². The average molecular weight is 234 g/mol. The zero-order valence-electron chi connectivity index (χ0n) is 8.53. The monoisotopic (exact) mass is 233 g/mol. The number of amides is 2. The average Bonchev–Trinajstić information content (AvgIpc) is 2.61. The van der Waals surface area contributed by atoms with E-state index in [1.54, 1.807) is 6.92 Å². The highest BCUT2D eigenvalue weighted by atomic mass is 35.5. The summed E-state index contributed by atoms with van der Waals surface area (Å²) in [5.41, 5.74) is 5.05. The van der Waals surface area contributed by atoms with Gasteiger partial charge in [-0.05, 0) is 31.8 Å². The first kappa shape index (κ1) is 12.3. The first-order valence-corrected chi connectivity index (χ1v) is 4.91. The van der Waals surface area contributed by atoms with Gasteiger partial charge in [0.25, 0.3) is 0 Å². The summed E-state index contributed by atoms with van der Waals surface area (Å²) in [5.74, 6) is 0.568. The molecule has 1 aliphatic heterocycles. The van der Waals surface area contributed by atoms with E-state index in [4.69, 9.17) is 5.73 Å². The molecule has 15 heavy (non-hydrogen) atoms. The van der Waals surface area contributed by atoms with Crippen LogP contribution < -0.4 is 16.4 Å². The fourth-order valence-corrected chi connectivity index (χ4v) is 2.19. The Morgan fingerprint density at radius 3 is 2.40 bits per heavy atom. The SMILES string of the molecule is C[C@H](NC(=O)C1[C@H]2CNC[C@@H]12)C(N)=O.Cl. The third kappa shape index (κ3) is 2.23. The lowest BCUT2D eigenvalue weighted by Gasteiger charge is -2.11. The van der Waals surface area contributed by atoms with E-state index in [9.17, 15) is 9.59 Å². The van der Waals surface area contributed by atoms with Crippen LogP contribution in [0.5, 0.6) is 0 Å². The van der Waals surface area contributed by atoms with Gasteiger partial charge < -0.3 is 16.4 Å². The van der Waals surface area contributed by atoms with Gasteiger partial charge in [0.15, 0.2) is 0 Å². The van der Waals surface area contributed by atoms with E-state index < -0.39 is 11.9 Å². The van der Waals surface area contributed by atoms with Crippen molar-refractivity contribution in [1.29, 1.82) is 0 Å². The number of halogens is 1. The first-order chi connectivity index (χ1) is 6.61. The molecule has 1 saturated heterocycles. The molecule has 1 aliphatic carbocycles. The maximum Gasteiger partial charge on any atom is 0.239 e. The molecular weight excluding hydrogens is 218 g/mol. The van der Waals surface area contributed by atoms with Gasteiger partial charge in [-0.1, -0.05) is 0 Å². The Morgan fingerprint density at radius 1 is 1.40 bits per heavy atom. The quantitative estimate of drug-likeness (QED) is 0.577. The Kier molecular flexibility index (Phi) is 3.57. The largest absolute Gasteiger partial charge is 0.368 e. The number of fused-ring (bicyclic) bond motifs is 1. The maximum absolute atomic E-state index is 11.6. The van der Waals surface area contributed by atoms with Crippen LogP contribution in [0.15, 0.2) is 0 Å². The van der Waals surface area contributed by atoms with Gasteiger partial charge in [0.05, 0.1) is 0 Å². The summed E-state index contributed by atoms with van der Waals surface area (Å²) in [6.07, 6.45) is 0. The third-order valence-corrected chi connectivity index (χ3v) is 3.18. The molecule has 4 N–H and O–H groups in total. The van der Waals surface area contributed by atoms with Crippen molar-refractivity contribution in [3.05, 3.63) is 0 Å². The third-order valence-electron chi connectivity index (χ3n) is 3.18. The molecule has 0 aromatic rings. The van der Waals surface area contributed by atoms with Crippen molar-refractivity contribution in [2.45, 2.75) is 13.0 Å². The number of nitrogens with two attached hydrogens (primary N) is 1. The smallest absolute Gasteiger partial charge is 0.239 e. The standard InChI is InChI=1S/C9H15N3O2.ClH/c1-4(8(10)13)12-9(14)7-5-2-11-3-6(5)7;/h4-7,11H,2-3H2,1H3,(H2,10,13)(H,12,14);1H/t4-,5-,6+,7?;/m0./s1. The fraction of sp³-hybridized carbons (Fsp3) is 0.778. The molecule has 1 heterocycles. The fourth-order valence-electron chi connectivity index (χ4n) is 2.19. The van der Waals surface area contributed by atoms with E-state index in [1.807, 2.05) is 0 Å². The van der Waals surface area contributed by atoms with Crippen molar-refractivity contribution in [3.8, 4) is 0 Å². The molecule has 0 bridgehead atoms. The van der Waals surface area contributed by atoms with Crippen LogP contribution in [0.2, 0.25) is 0 Å². The van der Waals surface area contributed by atoms with E-state index in [2.05, 4.69) is 10.6 Å². The van der Waals surface area contributed by atoms with Gasteiger partial charge >= 0.3 is 0 Å². The van der Waals surface area contributed by atoms with Crippen LogP contribution in [-0.2, 0) is 9.59 Å². The second-order valence-corrected chi connectivity index (χ2v) is 4.14. The number of hydrogen-bond donors (Lipinski definition) is 3. The maximum atomic E-state index is 11.6. The topological polar surface area (TPSA) is 84.2 Å². The van der Waals surface area contributed by atoms with Gasteiger partial charge in [-0.25, -0.2) is 0 Å². The Hall–Kier alpha value is -0.810. The van der Waals surface area contributed by atoms with E-state index in [1.165, 1.54) is 0 Å². The molecule has 6 heteroatoms. The molecule has 0 radical (unpaired) electrons. The molecule has 0 spiro atoms. The second kappa shape index (κ2) is 4.37. The first-order valence-electron chi connectivity index (χ1n) is 4.91. The molecule has 86 valence electrons. The number of hydrogen-bond acceptors (Lipinski definition) is 3. The van der Waals surface area contributed by atoms with Crippen molar-refractivity contribution in [2.24, 2.45) is 23.5 Å². The predicted octanol–water partition coefficient (Wildman–Crippen LogP) is -1.14. The number of rotatable bonds is 3. The number of piperidine rings is 1. The lowest BCUT2D eigenvalue weighted by molar-refractivity contribution is -0.128. The minimum Gasteiger partial charge on any atom is -0.368 e. The van der Waals surface area contributed by atoms with E-state index in [-0.39, 0.29) is 24.2 Å². The Bertz CT molecular complexity index is 275. The molecule has 0 aromatic heterocycles. The summed E-state index contributed by atoms with van der Waals surface area (Å²) >= 11 is 0. The van der Waals surface area contributed by atoms with E-state index in [0.717, 1.165) is 13.1 Å². The summed E-state index contributed by atoms with van der Waals surface area (Å²) in [4.78, 5) is 22.3. The molecule has 5 nitrogen and oxygen atoms in total. The van der Waals surface area contributed by atoms with Crippen LogP contribution >= 0.6 is 12.4 Å². The van der Waals surface area contributed by atoms with Crippen molar-refractivity contribution < 1.29 is 9.59 Å². The van der Waals surface area contributed by atoms with Gasteiger partial charge in [0.1, 0.15) is 6.04 Å². The Labute approximate surface area is 94.6 Å². The van der Waals surface area contributed by atoms with Crippen LogP contribution in [0.25, 0.3) is 0 Å². The molecular formula is C9H16ClN3O2. The van der Waals surface area contributed by atoms with Crippen LogP contribution in [0, 0.1) is 17.8 Å². The minimum absolute atomic E-state index is 0. The van der Waals surface area contributed by atoms with Crippen LogP contribution in [-0.4, -0.2) is 30.9 Å². The summed E-state index contributed by atoms with van der Waals surface area (Å²) in [6.45, 7) is 3.46. The highest BCUT2D eigenvalue weighted by molar-refractivity contribution is 5.89. The van der Waals surface area contributed by atoms with Crippen molar-refractivity contribution in [2.75, 3.05) is 13.1 Å². The summed E-state index contributed by atoms with van der Waals surface area (Å²) in [6, 6.07) is -0.559. The molecule has 2 fully saturated rings. The summed E-state index contributed by atoms with van der Waals surface area (Å²) in [7, 11) is 0. The second-order valence-electron chi connectivity index (χ2n) is 4.14. The van der Waals surface area contributed by atoms with Crippen LogP contribution in [0.1, 0.15) is 6.92 Å². The molecule has 2 amide bonds. The zero-order valence-corrected chi connectivity index (χ0v) is 9.34. The van der Waals surface area contributed by atoms with Gasteiger partial charge in [-0.3, -0.25) is 9.59 Å². The highest BCUT2D eigenvalue weighted by Gasteiger charge is 2.56. The molecule has 0 aromatic carbocycles. The van der Waals surface area contributed by atoms with Gasteiger partial charge in [0.2, 0.25) is 11.8 Å². The summed E-state index contributed by atoms with van der Waals surface area (Å²) < 4.78 is 0. The molecule has 2 aliphatic rings. The van der Waals surface area contributed by atoms with Gasteiger partial charge in [-0.15, -0.1) is 12.4 Å². The molecule has 1 unspecified atom stereocenters. The predicted molar refractivity (Wildman–Crippen MR) is 57.4 cm³/mol. The van der Waals surface area contributed by atoms with Crippen LogP contribution in [0.4, 0.5) is 0 Å². The van der Waals surface area contributed by atoms with Gasteiger partial charge in [-0.2, -0.15) is 0 Å². The van der Waals surface area contributed by atoms with E-state index in [0.29, 0.717) is 11.8 Å². The van der Waals surface area contributed by atoms with Crippen LogP contribution in [0.3, 0.4) is 0 Å². The number of nitrogens with one attached hydrogen (secondary N) is 2. The Morgan fingerprint density at radius 2 is 1.93 bits per heavy atom. The summed E-state index contributed by atoms with van der Waals surface area (Å²) in [5, 5.41) is 5.84. The normalized spacial score (nSPS) is 33.5. The van der Waals surface area contributed by atoms with E-state index >= 15 is 0 Å². The molecule has 2 rings (SSSR count). The lowest BCUT2D eigenvalue weighted by atomic mass is 10.2. The number of primary amides is 1. The number of carbonyl (C=O) groups excluding carboxylic acids is 2. The molecule has 1 saturated carbocycles. The lowest BCUT2D eigenvalue weighted by Crippen LogP contribution is -2.43. The molecule has 4 atom stereocenters. The highest BCUT2D eigenvalue weighted by Crippen LogP contribution is 2.48. The minimum atomic E-state index is -0.559. The van der Waals surface area contributed by atoms with Gasteiger partial charge in [0, 0.05) is 5.92 Å². The van der Waals surface area contributed by atoms with Crippen molar-refractivity contribution in [1.82, 2.24) is 10.6 Å².